The van der Waals surface area contributed by atoms with E-state index in [9.17, 15) is 9.59 Å². The van der Waals surface area contributed by atoms with Crippen LogP contribution in [-0.4, -0.2) is 50.8 Å². The number of nitrogens with zero attached hydrogens (tertiary/aromatic N) is 1. The van der Waals surface area contributed by atoms with Gasteiger partial charge in [0.1, 0.15) is 23.1 Å². The average molecular weight is 601 g/mol. The lowest BCUT2D eigenvalue weighted by molar-refractivity contribution is -0.142. The molecule has 0 unspecified atom stereocenters. The van der Waals surface area contributed by atoms with E-state index in [4.69, 9.17) is 46.6 Å². The summed E-state index contributed by atoms with van der Waals surface area (Å²) in [5, 5.41) is 3.02. The van der Waals surface area contributed by atoms with Crippen LogP contribution >= 0.6 is 23.2 Å². The van der Waals surface area contributed by atoms with Gasteiger partial charge >= 0.3 is 5.97 Å². The maximum Gasteiger partial charge on any atom is 0.328 e. The molecule has 0 aliphatic rings. The summed E-state index contributed by atoms with van der Waals surface area (Å²) in [6.07, 6.45) is 0.0603. The van der Waals surface area contributed by atoms with E-state index < -0.39 is 17.9 Å². The highest BCUT2D eigenvalue weighted by Crippen LogP contribution is 2.43. The van der Waals surface area contributed by atoms with Crippen LogP contribution in [0.4, 0.5) is 0 Å². The van der Waals surface area contributed by atoms with E-state index in [1.807, 2.05) is 31.2 Å². The molecule has 1 amide bonds. The number of nitrogens with one attached hydrogen (secondary N) is 1. The Balaban J connectivity index is 1.76. The van der Waals surface area contributed by atoms with E-state index in [1.54, 1.807) is 39.3 Å². The summed E-state index contributed by atoms with van der Waals surface area (Å²) in [5.41, 5.74) is 3.94. The van der Waals surface area contributed by atoms with E-state index in [0.717, 1.165) is 5.56 Å². The van der Waals surface area contributed by atoms with E-state index in [-0.39, 0.29) is 22.0 Å². The minimum Gasteiger partial charge on any atom is -0.496 e. The van der Waals surface area contributed by atoms with Gasteiger partial charge in [-0.15, -0.1) is 0 Å². The van der Waals surface area contributed by atoms with Crippen LogP contribution < -0.4 is 14.8 Å². The Morgan fingerprint density at radius 3 is 2.27 bits per heavy atom. The van der Waals surface area contributed by atoms with Gasteiger partial charge in [0.05, 0.1) is 49.1 Å². The lowest BCUT2D eigenvalue weighted by atomic mass is 9.96. The van der Waals surface area contributed by atoms with Gasteiger partial charge in [-0.05, 0) is 48.4 Å². The number of rotatable bonds is 11. The summed E-state index contributed by atoms with van der Waals surface area (Å²) < 4.78 is 28.1. The molecule has 3 aromatic carbocycles. The quantitative estimate of drug-likeness (QED) is 0.203. The van der Waals surface area contributed by atoms with Crippen LogP contribution in [0.15, 0.2) is 46.9 Å². The van der Waals surface area contributed by atoms with E-state index in [0.29, 0.717) is 58.4 Å². The van der Waals surface area contributed by atoms with E-state index in [2.05, 4.69) is 10.3 Å². The Labute approximate surface area is 247 Å². The molecule has 0 bridgehead atoms. The average Bonchev–Trinajstić information content (AvgIpc) is 3.36. The van der Waals surface area contributed by atoms with Crippen molar-refractivity contribution in [2.45, 2.75) is 32.9 Å². The minimum atomic E-state index is -1.06. The molecule has 0 saturated carbocycles. The molecule has 0 aliphatic carbocycles. The number of carbonyl (C=O) groups excluding carboxylic acids is 2. The molecule has 4 rings (SSSR count). The molecule has 1 atom stereocenters. The molecule has 11 heteroatoms. The zero-order chi connectivity index (χ0) is 29.7. The number of fused-ring (bicyclic) bond motifs is 1. The minimum absolute atomic E-state index is 0.0603. The Bertz CT molecular complexity index is 1540. The van der Waals surface area contributed by atoms with Crippen molar-refractivity contribution in [1.82, 2.24) is 10.3 Å². The van der Waals surface area contributed by atoms with E-state index >= 15 is 0 Å². The molecule has 41 heavy (non-hydrogen) atoms. The predicted octanol–water partition coefficient (Wildman–Crippen LogP) is 6.18. The Morgan fingerprint density at radius 1 is 1.02 bits per heavy atom. The molecule has 0 fully saturated rings. The lowest BCUT2D eigenvalue weighted by Crippen LogP contribution is -2.43. The first-order valence-corrected chi connectivity index (χ1v) is 13.5. The molecule has 9 nitrogen and oxygen atoms in total. The van der Waals surface area contributed by atoms with Gasteiger partial charge in [0.25, 0.3) is 5.91 Å². The largest absolute Gasteiger partial charge is 0.496 e. The summed E-state index contributed by atoms with van der Waals surface area (Å²) in [5.74, 6) is 0.298. The zero-order valence-corrected chi connectivity index (χ0v) is 24.8. The first-order valence-electron chi connectivity index (χ1n) is 12.8. The molecule has 1 heterocycles. The van der Waals surface area contributed by atoms with Crippen molar-refractivity contribution in [2.24, 2.45) is 0 Å². The smallest absolute Gasteiger partial charge is 0.328 e. The van der Waals surface area contributed by atoms with Crippen molar-refractivity contribution in [3.63, 3.8) is 0 Å². The summed E-state index contributed by atoms with van der Waals surface area (Å²) in [6, 6.07) is 11.1. The van der Waals surface area contributed by atoms with Gasteiger partial charge in [-0.2, -0.15) is 0 Å². The second-order valence-corrected chi connectivity index (χ2v) is 9.86. The highest BCUT2D eigenvalue weighted by atomic mass is 35.5. The Kier molecular flexibility index (Phi) is 9.75. The lowest BCUT2D eigenvalue weighted by Gasteiger charge is -2.19. The van der Waals surface area contributed by atoms with Crippen molar-refractivity contribution in [2.75, 3.05) is 27.9 Å². The van der Waals surface area contributed by atoms with Gasteiger partial charge in [-0.3, -0.25) is 4.79 Å². The number of aryl methyl sites for hydroxylation is 1. The highest BCUT2D eigenvalue weighted by molar-refractivity contribution is 6.39. The summed E-state index contributed by atoms with van der Waals surface area (Å²) >= 11 is 12.4. The maximum absolute atomic E-state index is 13.1. The normalized spacial score (nSPS) is 11.8. The van der Waals surface area contributed by atoms with Crippen molar-refractivity contribution < 1.29 is 33.0 Å². The highest BCUT2D eigenvalue weighted by Gasteiger charge is 2.28. The number of esters is 1. The second kappa shape index (κ2) is 13.2. The molecule has 1 N–H and O–H groups in total. The number of ether oxygens (including phenoxy) is 4. The monoisotopic (exact) mass is 600 g/mol. The summed E-state index contributed by atoms with van der Waals surface area (Å²) in [7, 11) is 4.40. The maximum atomic E-state index is 13.1. The fourth-order valence-corrected chi connectivity index (χ4v) is 5.13. The van der Waals surface area contributed by atoms with Crippen LogP contribution in [0.2, 0.25) is 10.0 Å². The topological polar surface area (TPSA) is 109 Å². The first kappa shape index (κ1) is 30.2. The van der Waals surface area contributed by atoms with Crippen molar-refractivity contribution in [3.8, 4) is 22.6 Å². The fraction of sp³-hybridized carbons (Fsp3) is 0.300. The van der Waals surface area contributed by atoms with Gasteiger partial charge in [0.15, 0.2) is 11.5 Å². The number of oxazole rings is 1. The molecule has 0 radical (unpaired) electrons. The van der Waals surface area contributed by atoms with Gasteiger partial charge in [0, 0.05) is 25.5 Å². The number of aromatic nitrogens is 1. The third-order valence-corrected chi connectivity index (χ3v) is 7.08. The standard InChI is InChI=1S/C30H30Cl2N2O7/c1-6-40-15-17-12-23(37-3)25(24(13-17)38-4)19-11-10-18(27-28(19)41-16(2)33-27)14-22(30(36)39-5)34-29(35)26-20(31)8-7-9-21(26)32/h7-13,22H,6,14-15H2,1-5H3,(H,34,35)/t22-/m0/s1. The number of carbonyl (C=O) groups is 2. The van der Waals surface area contributed by atoms with Crippen molar-refractivity contribution >= 4 is 46.2 Å². The number of benzene rings is 3. The van der Waals surface area contributed by atoms with Crippen molar-refractivity contribution in [3.05, 3.63) is 75.1 Å². The molecule has 0 aliphatic heterocycles. The summed E-state index contributed by atoms with van der Waals surface area (Å²) in [4.78, 5) is 30.5. The molecule has 1 aromatic heterocycles. The third-order valence-electron chi connectivity index (χ3n) is 6.45. The predicted molar refractivity (Wildman–Crippen MR) is 156 cm³/mol. The summed E-state index contributed by atoms with van der Waals surface area (Å²) in [6.45, 7) is 4.63. The second-order valence-electron chi connectivity index (χ2n) is 9.05. The Hall–Kier alpha value is -3.79. The van der Waals surface area contributed by atoms with Crippen LogP contribution in [0.25, 0.3) is 22.2 Å². The third kappa shape index (κ3) is 6.43. The van der Waals surface area contributed by atoms with Gasteiger partial charge in [-0.25, -0.2) is 9.78 Å². The molecular weight excluding hydrogens is 571 g/mol. The van der Waals surface area contributed by atoms with Crippen LogP contribution in [0.5, 0.6) is 11.5 Å². The van der Waals surface area contributed by atoms with Crippen molar-refractivity contribution in [1.29, 1.82) is 0 Å². The molecule has 216 valence electrons. The zero-order valence-electron chi connectivity index (χ0n) is 23.3. The van der Waals surface area contributed by atoms with Crippen LogP contribution in [0.3, 0.4) is 0 Å². The van der Waals surface area contributed by atoms with Crippen LogP contribution in [0, 0.1) is 6.92 Å². The first-order chi connectivity index (χ1) is 19.7. The fourth-order valence-electron chi connectivity index (χ4n) is 4.56. The Morgan fingerprint density at radius 2 is 1.68 bits per heavy atom. The molecule has 0 saturated heterocycles. The molecule has 4 aromatic rings. The number of methoxy groups -OCH3 is 3. The number of hydrogen-bond donors (Lipinski definition) is 1. The molecule has 0 spiro atoms. The van der Waals surface area contributed by atoms with Gasteiger partial charge in [0.2, 0.25) is 0 Å². The van der Waals surface area contributed by atoms with E-state index in [1.165, 1.54) is 7.11 Å². The SMILES string of the molecule is CCOCc1cc(OC)c(-c2ccc(C[C@H](NC(=O)c3c(Cl)cccc3Cl)C(=O)OC)c3nc(C)oc23)c(OC)c1. The number of halogens is 2. The number of hydrogen-bond acceptors (Lipinski definition) is 8. The number of amides is 1. The van der Waals surface area contributed by atoms with Gasteiger partial charge < -0.3 is 28.7 Å². The van der Waals surface area contributed by atoms with Crippen LogP contribution in [0.1, 0.15) is 34.3 Å². The van der Waals surface area contributed by atoms with Gasteiger partial charge in [-0.1, -0.05) is 35.3 Å². The van der Waals surface area contributed by atoms with Crippen LogP contribution in [-0.2, 0) is 27.3 Å². The molecular formula is C30H30Cl2N2O7.